The van der Waals surface area contributed by atoms with Crippen molar-refractivity contribution in [1.29, 1.82) is 0 Å². The van der Waals surface area contributed by atoms with E-state index in [1.807, 2.05) is 0 Å². The Morgan fingerprint density at radius 1 is 1.33 bits per heavy atom. The van der Waals surface area contributed by atoms with Crippen molar-refractivity contribution >= 4 is 30.7 Å². The van der Waals surface area contributed by atoms with Crippen molar-refractivity contribution in [3.63, 3.8) is 0 Å². The van der Waals surface area contributed by atoms with Crippen LogP contribution in [0.25, 0.3) is 0 Å². The van der Waals surface area contributed by atoms with Gasteiger partial charge in [-0.05, 0) is 27.8 Å². The Morgan fingerprint density at radius 2 is 1.78 bits per heavy atom. The number of rotatable bonds is 2. The van der Waals surface area contributed by atoms with Crippen LogP contribution in [0.1, 0.15) is 20.8 Å². The minimum absolute atomic E-state index is 0.193. The predicted octanol–water partition coefficient (Wildman–Crippen LogP) is 1.24. The first-order valence-corrected chi connectivity index (χ1v) is 5.98. The normalized spacial score (nSPS) is 12.4. The SMILES string of the molecule is CC(C)(C)CO[SH](=S)=S. The summed E-state index contributed by atoms with van der Waals surface area (Å²) >= 11 is 9.41. The lowest BCUT2D eigenvalue weighted by molar-refractivity contribution is 0.228. The fourth-order valence-corrected chi connectivity index (χ4v) is 1.06. The van der Waals surface area contributed by atoms with Gasteiger partial charge < -0.3 is 4.18 Å². The molecule has 0 aromatic rings. The second-order valence-electron chi connectivity index (χ2n) is 3.06. The van der Waals surface area contributed by atoms with Crippen LogP contribution in [0.15, 0.2) is 0 Å². The van der Waals surface area contributed by atoms with E-state index in [9.17, 15) is 0 Å². The number of hydrogen-bond acceptors (Lipinski definition) is 3. The minimum Gasteiger partial charge on any atom is -0.312 e. The molecule has 0 amide bonds. The summed E-state index contributed by atoms with van der Waals surface area (Å²) in [6.45, 7) is 6.95. The van der Waals surface area contributed by atoms with Crippen molar-refractivity contribution in [2.75, 3.05) is 6.61 Å². The third-order valence-corrected chi connectivity index (χ3v) is 1.58. The molecule has 0 spiro atoms. The van der Waals surface area contributed by atoms with Gasteiger partial charge in [-0.2, -0.15) is 0 Å². The maximum Gasteiger partial charge on any atom is 0.0665 e. The van der Waals surface area contributed by atoms with Crippen LogP contribution in [0.5, 0.6) is 0 Å². The zero-order valence-corrected chi connectivity index (χ0v) is 8.41. The summed E-state index contributed by atoms with van der Waals surface area (Å²) in [7, 11) is -0.998. The summed E-state index contributed by atoms with van der Waals surface area (Å²) in [5.74, 6) is 0. The topological polar surface area (TPSA) is 9.23 Å². The zero-order chi connectivity index (χ0) is 7.49. The maximum absolute atomic E-state index is 5.10. The van der Waals surface area contributed by atoms with Crippen molar-refractivity contribution < 1.29 is 4.18 Å². The molecule has 0 N–H and O–H groups in total. The fourth-order valence-electron chi connectivity index (χ4n) is 0.246. The van der Waals surface area contributed by atoms with Crippen LogP contribution < -0.4 is 0 Å². The summed E-state index contributed by atoms with van der Waals surface area (Å²) < 4.78 is 5.10. The van der Waals surface area contributed by atoms with E-state index in [1.54, 1.807) is 0 Å². The molecule has 0 atom stereocenters. The highest BCUT2D eigenvalue weighted by molar-refractivity contribution is 8.44. The molecule has 0 aliphatic heterocycles. The van der Waals surface area contributed by atoms with Gasteiger partial charge in [-0.15, -0.1) is 0 Å². The highest BCUT2D eigenvalue weighted by Crippen LogP contribution is 2.12. The largest absolute Gasteiger partial charge is 0.312 e. The van der Waals surface area contributed by atoms with Crippen LogP contribution in [-0.4, -0.2) is 6.61 Å². The van der Waals surface area contributed by atoms with E-state index >= 15 is 0 Å². The highest BCUT2D eigenvalue weighted by atomic mass is 33.1. The van der Waals surface area contributed by atoms with Gasteiger partial charge in [-0.3, -0.25) is 0 Å². The molecule has 0 aromatic heterocycles. The van der Waals surface area contributed by atoms with Crippen molar-refractivity contribution in [3.8, 4) is 0 Å². The van der Waals surface area contributed by atoms with E-state index in [0.717, 1.165) is 0 Å². The maximum atomic E-state index is 5.10. The molecule has 0 radical (unpaired) electrons. The predicted molar refractivity (Wildman–Crippen MR) is 48.9 cm³/mol. The molecule has 0 fully saturated rings. The van der Waals surface area contributed by atoms with Gasteiger partial charge in [-0.1, -0.05) is 20.8 Å². The molecule has 56 valence electrons. The first kappa shape index (κ1) is 9.75. The van der Waals surface area contributed by atoms with Crippen LogP contribution in [0.3, 0.4) is 0 Å². The smallest absolute Gasteiger partial charge is 0.0665 e. The second-order valence-corrected chi connectivity index (χ2v) is 6.45. The fraction of sp³-hybridized carbons (Fsp3) is 1.00. The molecule has 0 aliphatic rings. The number of thiol groups is 1. The lowest BCUT2D eigenvalue weighted by Crippen LogP contribution is -2.13. The van der Waals surface area contributed by atoms with Gasteiger partial charge in [0.2, 0.25) is 0 Å². The van der Waals surface area contributed by atoms with Crippen LogP contribution >= 0.6 is 0 Å². The summed E-state index contributed by atoms with van der Waals surface area (Å²) in [6, 6.07) is 0. The molecular weight excluding hydrogens is 172 g/mol. The molecule has 0 saturated heterocycles. The Balaban J connectivity index is 3.52. The van der Waals surface area contributed by atoms with Gasteiger partial charge in [0.15, 0.2) is 0 Å². The monoisotopic (exact) mass is 184 g/mol. The van der Waals surface area contributed by atoms with Crippen molar-refractivity contribution in [3.05, 3.63) is 0 Å². The van der Waals surface area contributed by atoms with Crippen LogP contribution in [-0.2, 0) is 34.9 Å². The van der Waals surface area contributed by atoms with Gasteiger partial charge >= 0.3 is 0 Å². The molecule has 0 rings (SSSR count). The van der Waals surface area contributed by atoms with Crippen LogP contribution in [0, 0.1) is 5.41 Å². The minimum atomic E-state index is -0.998. The van der Waals surface area contributed by atoms with Crippen LogP contribution in [0.4, 0.5) is 0 Å². The summed E-state index contributed by atoms with van der Waals surface area (Å²) in [5.41, 5.74) is 0.193. The molecule has 0 bridgehead atoms. The van der Waals surface area contributed by atoms with Gasteiger partial charge in [-0.25, -0.2) is 0 Å². The van der Waals surface area contributed by atoms with Gasteiger partial charge in [0.05, 0.1) is 6.61 Å². The van der Waals surface area contributed by atoms with Crippen molar-refractivity contribution in [1.82, 2.24) is 0 Å². The summed E-state index contributed by atoms with van der Waals surface area (Å²) in [4.78, 5) is 0. The first-order valence-electron chi connectivity index (χ1n) is 2.69. The quantitative estimate of drug-likeness (QED) is 0.647. The summed E-state index contributed by atoms with van der Waals surface area (Å²) in [5, 5.41) is 0. The molecule has 0 saturated carbocycles. The third kappa shape index (κ3) is 8.75. The molecule has 9 heavy (non-hydrogen) atoms. The molecule has 0 aliphatic carbocycles. The molecule has 0 heterocycles. The van der Waals surface area contributed by atoms with Crippen molar-refractivity contribution in [2.24, 2.45) is 5.41 Å². The van der Waals surface area contributed by atoms with E-state index < -0.39 is 8.29 Å². The summed E-state index contributed by atoms with van der Waals surface area (Å²) in [6.07, 6.45) is 0. The van der Waals surface area contributed by atoms with E-state index in [-0.39, 0.29) is 5.41 Å². The van der Waals surface area contributed by atoms with Crippen LogP contribution in [0.2, 0.25) is 0 Å². The Hall–Kier alpha value is 0.750. The molecule has 1 nitrogen and oxygen atoms in total. The van der Waals surface area contributed by atoms with E-state index in [1.165, 1.54) is 0 Å². The molecule has 0 aromatic carbocycles. The van der Waals surface area contributed by atoms with Gasteiger partial charge in [0.1, 0.15) is 0 Å². The Labute approximate surface area is 67.8 Å². The average molecular weight is 184 g/mol. The zero-order valence-electron chi connectivity index (χ0n) is 5.88. The standard InChI is InChI=1S/C5H12OS3/c1-5(2,3)4-6-9(7)8/h9H,4H2,1-3H3. The molecule has 0 unspecified atom stereocenters. The van der Waals surface area contributed by atoms with E-state index in [4.69, 9.17) is 26.6 Å². The third-order valence-electron chi connectivity index (χ3n) is 0.603. The number of hydrogen-bond donors (Lipinski definition) is 1. The van der Waals surface area contributed by atoms with Crippen molar-refractivity contribution in [2.45, 2.75) is 20.8 Å². The van der Waals surface area contributed by atoms with E-state index in [0.29, 0.717) is 6.61 Å². The first-order chi connectivity index (χ1) is 3.92. The lowest BCUT2D eigenvalue weighted by atomic mass is 9.99. The Bertz CT molecular complexity index is 135. The average Bonchev–Trinajstić information content (AvgIpc) is 1.59. The Morgan fingerprint density at radius 3 is 1.89 bits per heavy atom. The highest BCUT2D eigenvalue weighted by Gasteiger charge is 2.08. The second kappa shape index (κ2) is 3.81. The molecular formula is C5H12OS3. The Kier molecular flexibility index (Phi) is 4.12. The van der Waals surface area contributed by atoms with Gasteiger partial charge in [0, 0.05) is 8.29 Å². The lowest BCUT2D eigenvalue weighted by Gasteiger charge is -2.15. The van der Waals surface area contributed by atoms with E-state index in [2.05, 4.69) is 20.8 Å². The van der Waals surface area contributed by atoms with Gasteiger partial charge in [0.25, 0.3) is 0 Å². The molecule has 4 heteroatoms.